The number of amides is 2. The molecule has 0 aromatic carbocycles. The van der Waals surface area contributed by atoms with Crippen LogP contribution in [0.25, 0.3) is 0 Å². The Morgan fingerprint density at radius 1 is 1.43 bits per heavy atom. The van der Waals surface area contributed by atoms with Gasteiger partial charge in [0.2, 0.25) is 11.8 Å². The van der Waals surface area contributed by atoms with Gasteiger partial charge in [0.15, 0.2) is 0 Å². The number of nitrogens with one attached hydrogen (secondary N) is 1. The number of carbonyl (C=O) groups is 2. The smallest absolute Gasteiger partial charge is 0.226 e. The van der Waals surface area contributed by atoms with Gasteiger partial charge in [-0.05, 0) is 44.4 Å². The van der Waals surface area contributed by atoms with Crippen LogP contribution in [0, 0.1) is 11.3 Å². The molecule has 23 heavy (non-hydrogen) atoms. The molecule has 5 nitrogen and oxygen atoms in total. The molecule has 1 N–H and O–H groups in total. The molecule has 1 aliphatic heterocycles. The Balaban J connectivity index is 1.69. The van der Waals surface area contributed by atoms with Crippen molar-refractivity contribution in [2.75, 3.05) is 26.8 Å². The molecular weight excluding hydrogens is 292 g/mol. The standard InChI is InChI=1S/C18H28N2O3/c1-23-11-8-16(21)19-13-18-9-3-2-4-15(18)20(12-14-5-6-14)17(22)7-10-18/h4,14H,2-3,5-13H2,1H3,(H,19,21). The number of likely N-dealkylation sites (tertiary alicyclic amines) is 1. The molecule has 0 spiro atoms. The Hall–Kier alpha value is -1.36. The van der Waals surface area contributed by atoms with E-state index in [1.165, 1.54) is 18.5 Å². The van der Waals surface area contributed by atoms with E-state index < -0.39 is 0 Å². The Kier molecular flexibility index (Phi) is 5.05. The lowest BCUT2D eigenvalue weighted by atomic mass is 9.69. The largest absolute Gasteiger partial charge is 0.384 e. The highest BCUT2D eigenvalue weighted by atomic mass is 16.5. The SMILES string of the molecule is COCCC(=O)NCC12CCCC=C1N(CC1CC1)C(=O)CC2. The predicted octanol–water partition coefficient (Wildman–Crippen LogP) is 2.23. The maximum atomic E-state index is 12.4. The van der Waals surface area contributed by atoms with Gasteiger partial charge in [-0.25, -0.2) is 0 Å². The highest BCUT2D eigenvalue weighted by molar-refractivity contribution is 5.80. The van der Waals surface area contributed by atoms with Crippen LogP contribution in [-0.4, -0.2) is 43.5 Å². The van der Waals surface area contributed by atoms with Crippen LogP contribution in [0.3, 0.4) is 0 Å². The van der Waals surface area contributed by atoms with Crippen LogP contribution >= 0.6 is 0 Å². The molecule has 1 unspecified atom stereocenters. The third-order valence-electron chi connectivity index (χ3n) is 5.44. The molecule has 3 rings (SSSR count). The molecule has 0 bridgehead atoms. The van der Waals surface area contributed by atoms with Crippen LogP contribution in [0.15, 0.2) is 11.8 Å². The molecule has 1 saturated heterocycles. The molecule has 0 radical (unpaired) electrons. The molecule has 1 atom stereocenters. The number of piperidine rings is 1. The summed E-state index contributed by atoms with van der Waals surface area (Å²) in [6.07, 6.45) is 9.88. The van der Waals surface area contributed by atoms with Crippen molar-refractivity contribution in [1.29, 1.82) is 0 Å². The summed E-state index contributed by atoms with van der Waals surface area (Å²) in [7, 11) is 1.61. The number of carbonyl (C=O) groups excluding carboxylic acids is 2. The van der Waals surface area contributed by atoms with Crippen LogP contribution in [0.1, 0.15) is 51.4 Å². The minimum atomic E-state index is -0.0379. The quantitative estimate of drug-likeness (QED) is 0.782. The molecule has 128 valence electrons. The van der Waals surface area contributed by atoms with E-state index in [9.17, 15) is 9.59 Å². The van der Waals surface area contributed by atoms with E-state index in [-0.39, 0.29) is 17.2 Å². The van der Waals surface area contributed by atoms with E-state index in [1.807, 2.05) is 4.90 Å². The van der Waals surface area contributed by atoms with Crippen molar-refractivity contribution in [3.63, 3.8) is 0 Å². The van der Waals surface area contributed by atoms with Crippen LogP contribution in [0.2, 0.25) is 0 Å². The van der Waals surface area contributed by atoms with Crippen molar-refractivity contribution in [2.24, 2.45) is 11.3 Å². The lowest BCUT2D eigenvalue weighted by Gasteiger charge is -2.47. The van der Waals surface area contributed by atoms with Crippen LogP contribution < -0.4 is 5.32 Å². The van der Waals surface area contributed by atoms with Gasteiger partial charge in [-0.15, -0.1) is 0 Å². The molecule has 3 aliphatic rings. The number of methoxy groups -OCH3 is 1. The Labute approximate surface area is 138 Å². The number of allylic oxidation sites excluding steroid dienone is 1. The average Bonchev–Trinajstić information content (AvgIpc) is 3.38. The Bertz CT molecular complexity index is 498. The van der Waals surface area contributed by atoms with Gasteiger partial charge in [-0.2, -0.15) is 0 Å². The Morgan fingerprint density at radius 2 is 2.26 bits per heavy atom. The molecule has 0 aromatic heterocycles. The first-order valence-electron chi connectivity index (χ1n) is 8.91. The maximum Gasteiger partial charge on any atom is 0.226 e. The minimum Gasteiger partial charge on any atom is -0.384 e. The zero-order valence-electron chi connectivity index (χ0n) is 14.1. The summed E-state index contributed by atoms with van der Waals surface area (Å²) in [4.78, 5) is 26.4. The summed E-state index contributed by atoms with van der Waals surface area (Å²) >= 11 is 0. The predicted molar refractivity (Wildman–Crippen MR) is 87.5 cm³/mol. The van der Waals surface area contributed by atoms with Crippen molar-refractivity contribution in [2.45, 2.75) is 51.4 Å². The average molecular weight is 320 g/mol. The molecule has 2 fully saturated rings. The molecule has 5 heteroatoms. The summed E-state index contributed by atoms with van der Waals surface area (Å²) in [5, 5.41) is 3.08. The first kappa shape index (κ1) is 16.5. The van der Waals surface area contributed by atoms with Crippen molar-refractivity contribution < 1.29 is 14.3 Å². The number of ether oxygens (including phenoxy) is 1. The lowest BCUT2D eigenvalue weighted by Crippen LogP contribution is -2.51. The van der Waals surface area contributed by atoms with E-state index in [1.54, 1.807) is 7.11 Å². The van der Waals surface area contributed by atoms with E-state index in [4.69, 9.17) is 4.74 Å². The van der Waals surface area contributed by atoms with Gasteiger partial charge in [0, 0.05) is 44.2 Å². The van der Waals surface area contributed by atoms with Gasteiger partial charge >= 0.3 is 0 Å². The highest BCUT2D eigenvalue weighted by Gasteiger charge is 2.45. The minimum absolute atomic E-state index is 0.0379. The van der Waals surface area contributed by atoms with E-state index in [0.29, 0.717) is 31.9 Å². The van der Waals surface area contributed by atoms with Gasteiger partial charge in [0.05, 0.1) is 6.61 Å². The highest BCUT2D eigenvalue weighted by Crippen LogP contribution is 2.47. The summed E-state index contributed by atoms with van der Waals surface area (Å²) in [5.74, 6) is 0.997. The fourth-order valence-corrected chi connectivity index (χ4v) is 3.87. The number of nitrogens with zero attached hydrogens (tertiary/aromatic N) is 1. The molecule has 2 aliphatic carbocycles. The van der Waals surface area contributed by atoms with Crippen LogP contribution in [0.5, 0.6) is 0 Å². The van der Waals surface area contributed by atoms with Crippen LogP contribution in [-0.2, 0) is 14.3 Å². The third kappa shape index (κ3) is 3.77. The molecule has 0 aromatic rings. The number of fused-ring (bicyclic) bond motifs is 1. The molecule has 1 saturated carbocycles. The molecular formula is C18H28N2O3. The topological polar surface area (TPSA) is 58.6 Å². The summed E-state index contributed by atoms with van der Waals surface area (Å²) in [6.45, 7) is 1.98. The van der Waals surface area contributed by atoms with Gasteiger partial charge in [-0.1, -0.05) is 6.08 Å². The van der Waals surface area contributed by atoms with Crippen LogP contribution in [0.4, 0.5) is 0 Å². The third-order valence-corrected chi connectivity index (χ3v) is 5.44. The number of hydrogen-bond acceptors (Lipinski definition) is 3. The second kappa shape index (κ2) is 7.04. The summed E-state index contributed by atoms with van der Waals surface area (Å²) in [6, 6.07) is 0. The zero-order valence-corrected chi connectivity index (χ0v) is 14.1. The Morgan fingerprint density at radius 3 is 3.00 bits per heavy atom. The van der Waals surface area contributed by atoms with Gasteiger partial charge in [0.25, 0.3) is 0 Å². The van der Waals surface area contributed by atoms with Crippen molar-refractivity contribution >= 4 is 11.8 Å². The van der Waals surface area contributed by atoms with E-state index in [2.05, 4.69) is 11.4 Å². The number of rotatable bonds is 7. The van der Waals surface area contributed by atoms with E-state index in [0.717, 1.165) is 32.2 Å². The normalized spacial score (nSPS) is 27.4. The van der Waals surface area contributed by atoms with Crippen molar-refractivity contribution in [1.82, 2.24) is 10.2 Å². The number of hydrogen-bond donors (Lipinski definition) is 1. The van der Waals surface area contributed by atoms with Crippen molar-refractivity contribution in [3.8, 4) is 0 Å². The van der Waals surface area contributed by atoms with Gasteiger partial charge in [0.1, 0.15) is 0 Å². The summed E-state index contributed by atoms with van der Waals surface area (Å²) in [5.41, 5.74) is 1.16. The first-order valence-corrected chi connectivity index (χ1v) is 8.91. The fraction of sp³-hybridized carbons (Fsp3) is 0.778. The summed E-state index contributed by atoms with van der Waals surface area (Å²) < 4.78 is 4.97. The van der Waals surface area contributed by atoms with Crippen molar-refractivity contribution in [3.05, 3.63) is 11.8 Å². The van der Waals surface area contributed by atoms with Gasteiger partial charge < -0.3 is 15.0 Å². The zero-order chi connectivity index (χ0) is 16.3. The first-order chi connectivity index (χ1) is 11.1. The fourth-order valence-electron chi connectivity index (χ4n) is 3.87. The second-order valence-corrected chi connectivity index (χ2v) is 7.23. The lowest BCUT2D eigenvalue weighted by molar-refractivity contribution is -0.134. The maximum absolute atomic E-state index is 12.4. The molecule has 1 heterocycles. The van der Waals surface area contributed by atoms with E-state index >= 15 is 0 Å². The second-order valence-electron chi connectivity index (χ2n) is 7.23. The monoisotopic (exact) mass is 320 g/mol. The van der Waals surface area contributed by atoms with Gasteiger partial charge in [-0.3, -0.25) is 9.59 Å². The molecule has 2 amide bonds.